The molecule has 0 saturated carbocycles. The molecule has 1 aliphatic rings. The first-order valence-corrected chi connectivity index (χ1v) is 11.2. The van der Waals surface area contributed by atoms with Crippen LogP contribution in [0.3, 0.4) is 0 Å². The van der Waals surface area contributed by atoms with E-state index in [1.807, 2.05) is 54.2 Å². The summed E-state index contributed by atoms with van der Waals surface area (Å²) in [5.41, 5.74) is 5.17. The van der Waals surface area contributed by atoms with Crippen LogP contribution in [-0.4, -0.2) is 25.7 Å². The van der Waals surface area contributed by atoms with Gasteiger partial charge in [-0.3, -0.25) is 9.78 Å². The standard InChI is InChI=1S/C24H22N6OS/c1-14-7-4-5-9-18(14)22-28-24-26-16(3)19(23(31)27-17-8-6-11-25-13-17)20(30(24)29-22)21-15(2)10-12-32-21/h4-13,20H,1-3H3,(H,27,31)(H,26,28,29). The number of benzene rings is 1. The van der Waals surface area contributed by atoms with Gasteiger partial charge in [0.25, 0.3) is 5.91 Å². The quantitative estimate of drug-likeness (QED) is 0.467. The van der Waals surface area contributed by atoms with Gasteiger partial charge < -0.3 is 10.6 Å². The summed E-state index contributed by atoms with van der Waals surface area (Å²) >= 11 is 1.61. The third-order valence-corrected chi connectivity index (χ3v) is 6.62. The van der Waals surface area contributed by atoms with E-state index >= 15 is 0 Å². The number of hydrogen-bond donors (Lipinski definition) is 2. The second kappa shape index (κ2) is 8.05. The highest BCUT2D eigenvalue weighted by Gasteiger charge is 2.36. The summed E-state index contributed by atoms with van der Waals surface area (Å²) in [6.45, 7) is 6.00. The third kappa shape index (κ3) is 3.48. The maximum atomic E-state index is 13.4. The summed E-state index contributed by atoms with van der Waals surface area (Å²) in [6, 6.07) is 13.3. The maximum Gasteiger partial charge on any atom is 0.255 e. The number of thiophene rings is 1. The van der Waals surface area contributed by atoms with Gasteiger partial charge in [0.15, 0.2) is 5.82 Å². The van der Waals surface area contributed by atoms with Crippen molar-refractivity contribution < 1.29 is 4.79 Å². The molecule has 0 fully saturated rings. The van der Waals surface area contributed by atoms with Gasteiger partial charge >= 0.3 is 0 Å². The van der Waals surface area contributed by atoms with Crippen LogP contribution >= 0.6 is 11.3 Å². The second-order valence-corrected chi connectivity index (χ2v) is 8.70. The summed E-state index contributed by atoms with van der Waals surface area (Å²) in [7, 11) is 0. The number of nitrogens with zero attached hydrogens (tertiary/aromatic N) is 4. The summed E-state index contributed by atoms with van der Waals surface area (Å²) in [5.74, 6) is 1.06. The monoisotopic (exact) mass is 442 g/mol. The predicted octanol–water partition coefficient (Wildman–Crippen LogP) is 4.95. The average Bonchev–Trinajstić information content (AvgIpc) is 3.39. The lowest BCUT2D eigenvalue weighted by Gasteiger charge is -2.28. The van der Waals surface area contributed by atoms with Crippen LogP contribution in [0, 0.1) is 13.8 Å². The van der Waals surface area contributed by atoms with E-state index < -0.39 is 0 Å². The van der Waals surface area contributed by atoms with E-state index in [4.69, 9.17) is 10.1 Å². The Labute approximate surface area is 189 Å². The molecule has 3 aromatic heterocycles. The molecule has 0 radical (unpaired) electrons. The van der Waals surface area contributed by atoms with Gasteiger partial charge in [-0.15, -0.1) is 16.4 Å². The fraction of sp³-hybridized carbons (Fsp3) is 0.167. The highest BCUT2D eigenvalue weighted by molar-refractivity contribution is 7.10. The fourth-order valence-electron chi connectivity index (χ4n) is 3.93. The highest BCUT2D eigenvalue weighted by atomic mass is 32.1. The molecule has 1 atom stereocenters. The largest absolute Gasteiger partial charge is 0.328 e. The van der Waals surface area contributed by atoms with Crippen molar-refractivity contribution >= 4 is 28.9 Å². The van der Waals surface area contributed by atoms with E-state index in [-0.39, 0.29) is 11.9 Å². The van der Waals surface area contributed by atoms with Crippen molar-refractivity contribution in [3.63, 3.8) is 0 Å². The Morgan fingerprint density at radius 3 is 2.66 bits per heavy atom. The Kier molecular flexibility index (Phi) is 5.07. The molecule has 5 rings (SSSR count). The number of aromatic nitrogens is 4. The van der Waals surface area contributed by atoms with Crippen LogP contribution in [0.4, 0.5) is 11.6 Å². The number of nitrogens with one attached hydrogen (secondary N) is 2. The van der Waals surface area contributed by atoms with Gasteiger partial charge in [-0.25, -0.2) is 4.68 Å². The molecule has 2 N–H and O–H groups in total. The molecule has 4 aromatic rings. The first-order valence-electron chi connectivity index (χ1n) is 10.3. The van der Waals surface area contributed by atoms with Crippen LogP contribution < -0.4 is 10.6 Å². The van der Waals surface area contributed by atoms with Crippen LogP contribution in [0.1, 0.15) is 29.0 Å². The summed E-state index contributed by atoms with van der Waals surface area (Å²) in [5, 5.41) is 13.2. The second-order valence-electron chi connectivity index (χ2n) is 7.75. The third-order valence-electron chi connectivity index (χ3n) is 5.55. The van der Waals surface area contributed by atoms with Crippen LogP contribution in [0.5, 0.6) is 0 Å². The van der Waals surface area contributed by atoms with Crippen molar-refractivity contribution in [3.8, 4) is 11.4 Å². The van der Waals surface area contributed by atoms with E-state index in [0.29, 0.717) is 23.0 Å². The molecule has 0 saturated heterocycles. The van der Waals surface area contributed by atoms with Crippen molar-refractivity contribution in [2.75, 3.05) is 10.6 Å². The van der Waals surface area contributed by atoms with Gasteiger partial charge in [-0.2, -0.15) is 4.98 Å². The molecule has 32 heavy (non-hydrogen) atoms. The van der Waals surface area contributed by atoms with E-state index in [1.54, 1.807) is 29.8 Å². The number of amides is 1. The molecule has 7 nitrogen and oxygen atoms in total. The van der Waals surface area contributed by atoms with E-state index in [1.165, 1.54) is 0 Å². The molecule has 1 aliphatic heterocycles. The van der Waals surface area contributed by atoms with Gasteiger partial charge in [0, 0.05) is 22.3 Å². The number of fused-ring (bicyclic) bond motifs is 1. The summed E-state index contributed by atoms with van der Waals surface area (Å²) in [4.78, 5) is 23.4. The van der Waals surface area contributed by atoms with E-state index in [0.717, 1.165) is 27.3 Å². The number of pyridine rings is 1. The van der Waals surface area contributed by atoms with Crippen molar-refractivity contribution in [2.45, 2.75) is 26.8 Å². The molecular weight excluding hydrogens is 420 g/mol. The Morgan fingerprint density at radius 1 is 1.09 bits per heavy atom. The zero-order valence-corrected chi connectivity index (χ0v) is 18.8. The number of carbonyl (C=O) groups excluding carboxylic acids is 1. The lowest BCUT2D eigenvalue weighted by molar-refractivity contribution is -0.113. The molecule has 4 heterocycles. The molecule has 0 spiro atoms. The highest BCUT2D eigenvalue weighted by Crippen LogP contribution is 2.40. The lowest BCUT2D eigenvalue weighted by Crippen LogP contribution is -2.31. The predicted molar refractivity (Wildman–Crippen MR) is 127 cm³/mol. The van der Waals surface area contributed by atoms with E-state index in [9.17, 15) is 4.79 Å². The number of rotatable bonds is 4. The Bertz CT molecular complexity index is 1340. The van der Waals surface area contributed by atoms with Crippen LogP contribution in [0.2, 0.25) is 0 Å². The number of anilines is 2. The van der Waals surface area contributed by atoms with Crippen molar-refractivity contribution in [1.29, 1.82) is 0 Å². The van der Waals surface area contributed by atoms with Gasteiger partial charge in [0.2, 0.25) is 5.95 Å². The molecule has 1 unspecified atom stereocenters. The van der Waals surface area contributed by atoms with Crippen LogP contribution in [-0.2, 0) is 4.79 Å². The van der Waals surface area contributed by atoms with E-state index in [2.05, 4.69) is 28.6 Å². The van der Waals surface area contributed by atoms with Gasteiger partial charge in [-0.1, -0.05) is 24.3 Å². The molecule has 0 aliphatic carbocycles. The fourth-order valence-corrected chi connectivity index (χ4v) is 4.94. The average molecular weight is 443 g/mol. The minimum absolute atomic E-state index is 0.195. The number of aryl methyl sites for hydroxylation is 2. The van der Waals surface area contributed by atoms with Crippen molar-refractivity contribution in [3.05, 3.63) is 87.5 Å². The lowest BCUT2D eigenvalue weighted by atomic mass is 9.99. The SMILES string of the molecule is CC1=C(C(=O)Nc2cccnc2)C(c2sccc2C)n2nc(-c3ccccc3C)nc2N1. The van der Waals surface area contributed by atoms with Crippen molar-refractivity contribution in [1.82, 2.24) is 19.7 Å². The Hall–Kier alpha value is -3.78. The molecule has 8 heteroatoms. The summed E-state index contributed by atoms with van der Waals surface area (Å²) in [6.07, 6.45) is 3.31. The number of hydrogen-bond acceptors (Lipinski definition) is 6. The number of allylic oxidation sites excluding steroid dienone is 1. The molecule has 1 aromatic carbocycles. The van der Waals surface area contributed by atoms with Crippen molar-refractivity contribution in [2.24, 2.45) is 0 Å². The first kappa shape index (κ1) is 20.1. The normalized spacial score (nSPS) is 15.3. The topological polar surface area (TPSA) is 84.7 Å². The number of carbonyl (C=O) groups is 1. The summed E-state index contributed by atoms with van der Waals surface area (Å²) < 4.78 is 1.83. The zero-order valence-electron chi connectivity index (χ0n) is 18.0. The Morgan fingerprint density at radius 2 is 1.94 bits per heavy atom. The molecule has 0 bridgehead atoms. The zero-order chi connectivity index (χ0) is 22.2. The van der Waals surface area contributed by atoms with Gasteiger partial charge in [0.1, 0.15) is 6.04 Å². The molecule has 1 amide bonds. The minimum atomic E-state index is -0.381. The van der Waals surface area contributed by atoms with Crippen LogP contribution in [0.25, 0.3) is 11.4 Å². The molecular formula is C24H22N6OS. The van der Waals surface area contributed by atoms with Gasteiger partial charge in [-0.05, 0) is 55.5 Å². The Balaban J connectivity index is 1.62. The first-order chi connectivity index (χ1) is 15.5. The smallest absolute Gasteiger partial charge is 0.255 e. The van der Waals surface area contributed by atoms with Crippen LogP contribution in [0.15, 0.2) is 71.5 Å². The molecule has 160 valence electrons. The minimum Gasteiger partial charge on any atom is -0.328 e. The van der Waals surface area contributed by atoms with Gasteiger partial charge in [0.05, 0.1) is 17.5 Å². The maximum absolute atomic E-state index is 13.4.